The number of benzene rings is 1. The Labute approximate surface area is 119 Å². The van der Waals surface area contributed by atoms with Crippen LogP contribution in [0, 0.1) is 0 Å². The van der Waals surface area contributed by atoms with Crippen molar-refractivity contribution in [2.45, 2.75) is 23.8 Å². The Kier molecular flexibility index (Phi) is 4.36. The van der Waals surface area contributed by atoms with Crippen LogP contribution in [0.3, 0.4) is 0 Å². The van der Waals surface area contributed by atoms with E-state index in [2.05, 4.69) is 10.0 Å². The highest BCUT2D eigenvalue weighted by molar-refractivity contribution is 7.91. The fraction of sp³-hybridized carbons (Fsp3) is 0.500. The van der Waals surface area contributed by atoms with E-state index in [4.69, 9.17) is 0 Å². The topological polar surface area (TPSA) is 92.3 Å². The van der Waals surface area contributed by atoms with Crippen molar-refractivity contribution < 1.29 is 16.8 Å². The third-order valence-corrected chi connectivity index (χ3v) is 6.47. The SMILES string of the molecule is CNS(=O)(=O)c1cccc(NC2CCS(=O)(=O)CC2)c1. The molecular weight excluding hydrogens is 300 g/mol. The molecule has 0 atom stereocenters. The maximum absolute atomic E-state index is 11.7. The summed E-state index contributed by atoms with van der Waals surface area (Å²) >= 11 is 0. The van der Waals surface area contributed by atoms with Gasteiger partial charge in [0.25, 0.3) is 0 Å². The average molecular weight is 318 g/mol. The molecule has 2 N–H and O–H groups in total. The van der Waals surface area contributed by atoms with Gasteiger partial charge >= 0.3 is 0 Å². The maximum Gasteiger partial charge on any atom is 0.240 e. The lowest BCUT2D eigenvalue weighted by Crippen LogP contribution is -2.32. The Morgan fingerprint density at radius 3 is 2.45 bits per heavy atom. The van der Waals surface area contributed by atoms with Crippen LogP contribution in [-0.4, -0.2) is 41.4 Å². The largest absolute Gasteiger partial charge is 0.382 e. The molecule has 1 aliphatic rings. The smallest absolute Gasteiger partial charge is 0.240 e. The summed E-state index contributed by atoms with van der Waals surface area (Å²) in [5.74, 6) is 0.359. The monoisotopic (exact) mass is 318 g/mol. The van der Waals surface area contributed by atoms with E-state index >= 15 is 0 Å². The van der Waals surface area contributed by atoms with E-state index in [0.29, 0.717) is 18.5 Å². The van der Waals surface area contributed by atoms with Gasteiger partial charge in [0, 0.05) is 11.7 Å². The van der Waals surface area contributed by atoms with Gasteiger partial charge in [0.1, 0.15) is 9.84 Å². The van der Waals surface area contributed by atoms with Gasteiger partial charge in [-0.1, -0.05) is 6.07 Å². The molecule has 1 aromatic carbocycles. The summed E-state index contributed by atoms with van der Waals surface area (Å²) in [6.45, 7) is 0. The minimum absolute atomic E-state index is 0.0612. The number of nitrogens with one attached hydrogen (secondary N) is 2. The molecule has 0 saturated carbocycles. The van der Waals surface area contributed by atoms with Crippen molar-refractivity contribution >= 4 is 25.5 Å². The Morgan fingerprint density at radius 1 is 1.20 bits per heavy atom. The van der Waals surface area contributed by atoms with Crippen LogP contribution in [-0.2, 0) is 19.9 Å². The zero-order valence-corrected chi connectivity index (χ0v) is 12.8. The molecule has 0 aliphatic carbocycles. The molecular formula is C12H18N2O4S2. The first kappa shape index (κ1) is 15.3. The van der Waals surface area contributed by atoms with Gasteiger partial charge < -0.3 is 5.32 Å². The van der Waals surface area contributed by atoms with Gasteiger partial charge in [0.15, 0.2) is 0 Å². The molecule has 0 amide bonds. The molecule has 1 fully saturated rings. The van der Waals surface area contributed by atoms with Gasteiger partial charge in [-0.05, 0) is 38.1 Å². The third kappa shape index (κ3) is 3.71. The van der Waals surface area contributed by atoms with Crippen LogP contribution in [0.2, 0.25) is 0 Å². The molecule has 112 valence electrons. The van der Waals surface area contributed by atoms with E-state index in [0.717, 1.165) is 0 Å². The minimum atomic E-state index is -3.47. The highest BCUT2D eigenvalue weighted by atomic mass is 32.2. The minimum Gasteiger partial charge on any atom is -0.382 e. The molecule has 1 heterocycles. The van der Waals surface area contributed by atoms with Crippen LogP contribution in [0.1, 0.15) is 12.8 Å². The molecule has 1 aliphatic heterocycles. The van der Waals surface area contributed by atoms with E-state index in [1.54, 1.807) is 18.2 Å². The second kappa shape index (κ2) is 5.71. The highest BCUT2D eigenvalue weighted by Crippen LogP contribution is 2.20. The second-order valence-corrected chi connectivity index (χ2v) is 9.00. The number of rotatable bonds is 4. The zero-order valence-electron chi connectivity index (χ0n) is 11.2. The second-order valence-electron chi connectivity index (χ2n) is 4.81. The molecule has 8 heteroatoms. The maximum atomic E-state index is 11.7. The first-order chi connectivity index (χ1) is 9.32. The van der Waals surface area contributed by atoms with Gasteiger partial charge in [-0.2, -0.15) is 0 Å². The highest BCUT2D eigenvalue weighted by Gasteiger charge is 2.23. The fourth-order valence-corrected chi connectivity index (χ4v) is 4.41. The molecule has 20 heavy (non-hydrogen) atoms. The lowest BCUT2D eigenvalue weighted by atomic mass is 10.1. The lowest BCUT2D eigenvalue weighted by Gasteiger charge is -2.24. The Balaban J connectivity index is 2.10. The molecule has 0 unspecified atom stereocenters. The summed E-state index contributed by atoms with van der Waals surface area (Å²) in [7, 11) is -4.99. The van der Waals surface area contributed by atoms with Crippen LogP contribution < -0.4 is 10.0 Å². The van der Waals surface area contributed by atoms with Crippen LogP contribution in [0.25, 0.3) is 0 Å². The van der Waals surface area contributed by atoms with Crippen molar-refractivity contribution in [3.63, 3.8) is 0 Å². The van der Waals surface area contributed by atoms with Crippen LogP contribution in [0.4, 0.5) is 5.69 Å². The molecule has 0 aromatic heterocycles. The summed E-state index contributed by atoms with van der Waals surface area (Å²) in [4.78, 5) is 0.188. The van der Waals surface area contributed by atoms with E-state index in [9.17, 15) is 16.8 Å². The van der Waals surface area contributed by atoms with Crippen molar-refractivity contribution in [2.24, 2.45) is 0 Å². The number of sulfone groups is 1. The van der Waals surface area contributed by atoms with E-state index in [1.165, 1.54) is 13.1 Å². The molecule has 6 nitrogen and oxygen atoms in total. The molecule has 0 spiro atoms. The van der Waals surface area contributed by atoms with Crippen molar-refractivity contribution in [1.82, 2.24) is 4.72 Å². The van der Waals surface area contributed by atoms with Crippen LogP contribution in [0.5, 0.6) is 0 Å². The molecule has 2 rings (SSSR count). The predicted molar refractivity (Wildman–Crippen MR) is 78.0 cm³/mol. The molecule has 0 radical (unpaired) electrons. The predicted octanol–water partition coefficient (Wildman–Crippen LogP) is 0.584. The summed E-state index contributed by atoms with van der Waals surface area (Å²) < 4.78 is 48.4. The average Bonchev–Trinajstić information content (AvgIpc) is 2.42. The van der Waals surface area contributed by atoms with Crippen LogP contribution >= 0.6 is 0 Å². The molecule has 1 aromatic rings. The number of hydrogen-bond donors (Lipinski definition) is 2. The Morgan fingerprint density at radius 2 is 1.85 bits per heavy atom. The van der Waals surface area contributed by atoms with Gasteiger partial charge in [0.05, 0.1) is 16.4 Å². The van der Waals surface area contributed by atoms with Gasteiger partial charge in [-0.15, -0.1) is 0 Å². The van der Waals surface area contributed by atoms with Crippen LogP contribution in [0.15, 0.2) is 29.2 Å². The van der Waals surface area contributed by atoms with Crippen molar-refractivity contribution in [3.8, 4) is 0 Å². The lowest BCUT2D eigenvalue weighted by molar-refractivity contribution is 0.559. The zero-order chi connectivity index (χ0) is 14.8. The van der Waals surface area contributed by atoms with Crippen molar-refractivity contribution in [3.05, 3.63) is 24.3 Å². The first-order valence-corrected chi connectivity index (χ1v) is 9.63. The van der Waals surface area contributed by atoms with Gasteiger partial charge in [-0.25, -0.2) is 21.6 Å². The summed E-state index contributed by atoms with van der Waals surface area (Å²) in [6.07, 6.45) is 1.09. The normalized spacial score (nSPS) is 19.6. The quantitative estimate of drug-likeness (QED) is 0.847. The van der Waals surface area contributed by atoms with E-state index < -0.39 is 19.9 Å². The first-order valence-electron chi connectivity index (χ1n) is 6.33. The standard InChI is InChI=1S/C12H18N2O4S2/c1-13-20(17,18)12-4-2-3-11(9-12)14-10-5-7-19(15,16)8-6-10/h2-4,9-10,13-14H,5-8H2,1H3. The van der Waals surface area contributed by atoms with Crippen molar-refractivity contribution in [2.75, 3.05) is 23.9 Å². The van der Waals surface area contributed by atoms with Gasteiger partial charge in [-0.3, -0.25) is 0 Å². The Bertz CT molecular complexity index is 669. The molecule has 1 saturated heterocycles. The van der Waals surface area contributed by atoms with Crippen molar-refractivity contribution in [1.29, 1.82) is 0 Å². The summed E-state index contributed by atoms with van der Waals surface area (Å²) in [5.41, 5.74) is 0.686. The number of sulfonamides is 1. The summed E-state index contributed by atoms with van der Waals surface area (Å²) in [6, 6.07) is 6.56. The Hall–Kier alpha value is -1.12. The number of anilines is 1. The summed E-state index contributed by atoms with van der Waals surface area (Å²) in [5, 5.41) is 3.20. The number of hydrogen-bond acceptors (Lipinski definition) is 5. The molecule has 0 bridgehead atoms. The third-order valence-electron chi connectivity index (χ3n) is 3.34. The van der Waals surface area contributed by atoms with E-state index in [-0.39, 0.29) is 22.4 Å². The fourth-order valence-electron chi connectivity index (χ4n) is 2.14. The van der Waals surface area contributed by atoms with E-state index in [1.807, 2.05) is 0 Å². The van der Waals surface area contributed by atoms with Gasteiger partial charge in [0.2, 0.25) is 10.0 Å².